The maximum absolute atomic E-state index is 13.2. The van der Waals surface area contributed by atoms with Crippen molar-refractivity contribution in [2.24, 2.45) is 0 Å². The fourth-order valence-electron chi connectivity index (χ4n) is 5.77. The van der Waals surface area contributed by atoms with Crippen molar-refractivity contribution in [1.82, 2.24) is 15.1 Å². The summed E-state index contributed by atoms with van der Waals surface area (Å²) in [6.45, 7) is 7.82. The minimum Gasteiger partial charge on any atom is -0.453 e. The minimum atomic E-state index is -0.215. The number of piperidine rings is 2. The predicted octanol–water partition coefficient (Wildman–Crippen LogP) is 4.20. The molecule has 1 aliphatic carbocycles. The smallest absolute Gasteiger partial charge is 0.409 e. The Kier molecular flexibility index (Phi) is 6.89. The van der Waals surface area contributed by atoms with Gasteiger partial charge in [-0.3, -0.25) is 4.79 Å². The highest BCUT2D eigenvalue weighted by atomic mass is 16.5. The Labute approximate surface area is 193 Å². The molecular formula is C26H39N3O3. The highest BCUT2D eigenvalue weighted by Gasteiger charge is 2.43. The van der Waals surface area contributed by atoms with Gasteiger partial charge < -0.3 is 19.9 Å². The van der Waals surface area contributed by atoms with Crippen LogP contribution in [-0.2, 0) is 14.9 Å². The number of allylic oxidation sites excluding steroid dienone is 1. The number of benzene rings is 1. The van der Waals surface area contributed by atoms with E-state index in [0.29, 0.717) is 6.04 Å². The van der Waals surface area contributed by atoms with Crippen molar-refractivity contribution in [3.05, 3.63) is 41.5 Å². The molecule has 2 aliphatic heterocycles. The number of carbonyl (C=O) groups excluding carboxylic acids is 2. The molecule has 176 valence electrons. The number of likely N-dealkylation sites (tertiary alicyclic amines) is 2. The first-order valence-electron chi connectivity index (χ1n) is 12.2. The molecule has 0 saturated carbocycles. The van der Waals surface area contributed by atoms with Crippen LogP contribution in [0.15, 0.2) is 30.3 Å². The molecule has 3 aliphatic rings. The SMILES string of the molecule is CCC(CC)NC(=O)C1=CC2(CCN(C3CCN(C(=O)OC)CC3)CC2)c2ccccc21.[HH]. The zero-order valence-electron chi connectivity index (χ0n) is 19.7. The van der Waals surface area contributed by atoms with Crippen molar-refractivity contribution in [2.45, 2.75) is 69.9 Å². The van der Waals surface area contributed by atoms with Crippen LogP contribution >= 0.6 is 0 Å². The zero-order chi connectivity index (χ0) is 22.7. The van der Waals surface area contributed by atoms with Crippen LogP contribution in [0.1, 0.15) is 64.9 Å². The van der Waals surface area contributed by atoms with Crippen LogP contribution in [0, 0.1) is 0 Å². The number of hydrogen-bond donors (Lipinski definition) is 1. The molecule has 0 atom stereocenters. The molecular weight excluding hydrogens is 402 g/mol. The number of nitrogens with one attached hydrogen (secondary N) is 1. The average molecular weight is 442 g/mol. The van der Waals surface area contributed by atoms with E-state index in [1.54, 1.807) is 0 Å². The third kappa shape index (κ3) is 4.29. The maximum Gasteiger partial charge on any atom is 0.409 e. The van der Waals surface area contributed by atoms with Gasteiger partial charge in [0.2, 0.25) is 0 Å². The first-order chi connectivity index (χ1) is 15.5. The fourth-order valence-corrected chi connectivity index (χ4v) is 5.77. The number of methoxy groups -OCH3 is 1. The summed E-state index contributed by atoms with van der Waals surface area (Å²) in [5, 5.41) is 3.24. The number of rotatable bonds is 5. The van der Waals surface area contributed by atoms with Crippen LogP contribution in [0.5, 0.6) is 0 Å². The minimum absolute atomic E-state index is 0. The third-order valence-corrected chi connectivity index (χ3v) is 7.84. The first-order valence-corrected chi connectivity index (χ1v) is 12.2. The molecule has 0 unspecified atom stereocenters. The molecule has 1 aromatic rings. The zero-order valence-corrected chi connectivity index (χ0v) is 19.7. The van der Waals surface area contributed by atoms with Crippen LogP contribution in [-0.4, -0.2) is 67.2 Å². The summed E-state index contributed by atoms with van der Waals surface area (Å²) in [6, 6.07) is 9.22. The van der Waals surface area contributed by atoms with Crippen LogP contribution < -0.4 is 5.32 Å². The topological polar surface area (TPSA) is 61.9 Å². The van der Waals surface area contributed by atoms with Gasteiger partial charge in [-0.25, -0.2) is 4.79 Å². The fraction of sp³-hybridized carbons (Fsp3) is 0.615. The van der Waals surface area contributed by atoms with E-state index in [-0.39, 0.29) is 24.9 Å². The van der Waals surface area contributed by atoms with Crippen LogP contribution in [0.25, 0.3) is 5.57 Å². The summed E-state index contributed by atoms with van der Waals surface area (Å²) in [5.41, 5.74) is 3.23. The predicted molar refractivity (Wildman–Crippen MR) is 129 cm³/mol. The van der Waals surface area contributed by atoms with E-state index in [0.717, 1.165) is 75.8 Å². The number of ether oxygens (including phenoxy) is 1. The molecule has 2 heterocycles. The van der Waals surface area contributed by atoms with Gasteiger partial charge >= 0.3 is 6.09 Å². The third-order valence-electron chi connectivity index (χ3n) is 7.84. The number of hydrogen-bond acceptors (Lipinski definition) is 4. The summed E-state index contributed by atoms with van der Waals surface area (Å²) in [7, 11) is 1.45. The van der Waals surface area contributed by atoms with Gasteiger partial charge in [-0.1, -0.05) is 44.2 Å². The van der Waals surface area contributed by atoms with Gasteiger partial charge in [-0.2, -0.15) is 0 Å². The quantitative estimate of drug-likeness (QED) is 0.744. The van der Waals surface area contributed by atoms with Crippen LogP contribution in [0.4, 0.5) is 4.79 Å². The molecule has 6 nitrogen and oxygen atoms in total. The van der Waals surface area contributed by atoms with Crippen LogP contribution in [0.3, 0.4) is 0 Å². The molecule has 1 aromatic carbocycles. The Bertz CT molecular complexity index is 867. The summed E-state index contributed by atoms with van der Waals surface area (Å²) in [5.74, 6) is 0.0700. The summed E-state index contributed by atoms with van der Waals surface area (Å²) in [4.78, 5) is 29.3. The average Bonchev–Trinajstić information content (AvgIpc) is 3.16. The lowest BCUT2D eigenvalue weighted by Gasteiger charge is -2.44. The van der Waals surface area contributed by atoms with Gasteiger partial charge in [0.05, 0.1) is 7.11 Å². The van der Waals surface area contributed by atoms with Crippen molar-refractivity contribution in [3.63, 3.8) is 0 Å². The molecule has 4 rings (SSSR count). The van der Waals surface area contributed by atoms with Gasteiger partial charge in [0.1, 0.15) is 0 Å². The molecule has 0 bridgehead atoms. The molecule has 0 aromatic heterocycles. The second-order valence-electron chi connectivity index (χ2n) is 9.47. The highest BCUT2D eigenvalue weighted by Crippen LogP contribution is 2.47. The van der Waals surface area contributed by atoms with Crippen molar-refractivity contribution in [3.8, 4) is 0 Å². The lowest BCUT2D eigenvalue weighted by atomic mass is 9.74. The summed E-state index contributed by atoms with van der Waals surface area (Å²) < 4.78 is 4.87. The van der Waals surface area contributed by atoms with Crippen molar-refractivity contribution in [2.75, 3.05) is 33.3 Å². The normalized spacial score (nSPS) is 20.9. The van der Waals surface area contributed by atoms with Crippen LogP contribution in [0.2, 0.25) is 0 Å². The van der Waals surface area contributed by atoms with Gasteiger partial charge in [0.15, 0.2) is 0 Å². The molecule has 6 heteroatoms. The number of nitrogens with zero attached hydrogens (tertiary/aromatic N) is 2. The number of carbonyl (C=O) groups is 2. The Morgan fingerprint density at radius 3 is 2.41 bits per heavy atom. The summed E-state index contributed by atoms with van der Waals surface area (Å²) >= 11 is 0. The molecule has 0 radical (unpaired) electrons. The standard InChI is InChI=1S/C26H37N3O3.H2/c1-4-19(5-2)27-24(30)22-18-26(23-9-7-6-8-21(22)23)12-16-28(17-13-26)20-10-14-29(15-11-20)25(31)32-3;/h6-9,18-20H,4-5,10-17H2,1-3H3,(H,27,30);1H. The first kappa shape index (κ1) is 22.8. The Hall–Kier alpha value is -2.34. The largest absolute Gasteiger partial charge is 0.453 e. The van der Waals surface area contributed by atoms with Gasteiger partial charge in [0, 0.05) is 37.6 Å². The molecule has 2 amide bonds. The van der Waals surface area contributed by atoms with Crippen molar-refractivity contribution < 1.29 is 15.8 Å². The second kappa shape index (κ2) is 9.65. The van der Waals surface area contributed by atoms with Gasteiger partial charge in [-0.05, 0) is 62.7 Å². The van der Waals surface area contributed by atoms with E-state index in [2.05, 4.69) is 48.3 Å². The lowest BCUT2D eigenvalue weighted by molar-refractivity contribution is -0.116. The van der Waals surface area contributed by atoms with Crippen molar-refractivity contribution >= 4 is 17.6 Å². The molecule has 1 spiro atoms. The summed E-state index contributed by atoms with van der Waals surface area (Å²) in [6.07, 6.45) is 8.01. The number of amides is 2. The monoisotopic (exact) mass is 441 g/mol. The maximum atomic E-state index is 13.2. The Morgan fingerprint density at radius 1 is 1.12 bits per heavy atom. The molecule has 32 heavy (non-hydrogen) atoms. The van der Waals surface area contributed by atoms with E-state index >= 15 is 0 Å². The van der Waals surface area contributed by atoms with E-state index in [1.807, 2.05) is 11.0 Å². The van der Waals surface area contributed by atoms with E-state index in [4.69, 9.17) is 4.74 Å². The van der Waals surface area contributed by atoms with E-state index < -0.39 is 0 Å². The Morgan fingerprint density at radius 2 is 1.78 bits per heavy atom. The molecule has 2 saturated heterocycles. The van der Waals surface area contributed by atoms with Gasteiger partial charge in [-0.15, -0.1) is 0 Å². The van der Waals surface area contributed by atoms with Gasteiger partial charge in [0.25, 0.3) is 5.91 Å². The second-order valence-corrected chi connectivity index (χ2v) is 9.47. The van der Waals surface area contributed by atoms with E-state index in [1.165, 1.54) is 12.7 Å². The van der Waals surface area contributed by atoms with E-state index in [9.17, 15) is 9.59 Å². The lowest BCUT2D eigenvalue weighted by Crippen LogP contribution is -2.51. The number of fused-ring (bicyclic) bond motifs is 2. The highest BCUT2D eigenvalue weighted by molar-refractivity contribution is 6.21. The Balaban J connectivity index is 0.00000306. The van der Waals surface area contributed by atoms with Crippen molar-refractivity contribution in [1.29, 1.82) is 0 Å². The molecule has 2 fully saturated rings. The molecule has 1 N–H and O–H groups in total.